The third-order valence-corrected chi connectivity index (χ3v) is 6.65. The smallest absolute Gasteiger partial charge is 0.237 e. The first-order chi connectivity index (χ1) is 16.6. The number of rotatable bonds is 8. The molecule has 2 aromatic carbocycles. The highest BCUT2D eigenvalue weighted by Gasteiger charge is 2.19. The van der Waals surface area contributed by atoms with Gasteiger partial charge in [0.15, 0.2) is 0 Å². The third-order valence-electron chi connectivity index (χ3n) is 6.65. The van der Waals surface area contributed by atoms with Gasteiger partial charge in [-0.15, -0.1) is 0 Å². The monoisotopic (exact) mass is 457 g/mol. The second kappa shape index (κ2) is 9.73. The maximum atomic E-state index is 12.6. The predicted molar refractivity (Wildman–Crippen MR) is 136 cm³/mol. The van der Waals surface area contributed by atoms with E-state index in [-0.39, 0.29) is 5.91 Å². The number of aromatic amines is 1. The minimum absolute atomic E-state index is 0.143. The van der Waals surface area contributed by atoms with Gasteiger partial charge < -0.3 is 26.1 Å². The third kappa shape index (κ3) is 4.43. The average Bonchev–Trinajstić information content (AvgIpc) is 3.28. The number of benzene rings is 2. The van der Waals surface area contributed by atoms with Crippen LogP contribution in [0.2, 0.25) is 0 Å². The molecule has 0 bridgehead atoms. The first kappa shape index (κ1) is 22.2. The molecule has 5 rings (SSSR count). The van der Waals surface area contributed by atoms with E-state index in [2.05, 4.69) is 15.6 Å². The molecule has 0 unspecified atom stereocenters. The number of amides is 1. The van der Waals surface area contributed by atoms with Crippen LogP contribution < -0.4 is 21.1 Å². The van der Waals surface area contributed by atoms with Gasteiger partial charge in [0.25, 0.3) is 0 Å². The quantitative estimate of drug-likeness (QED) is 0.302. The van der Waals surface area contributed by atoms with Crippen LogP contribution in [-0.4, -0.2) is 42.1 Å². The summed E-state index contributed by atoms with van der Waals surface area (Å²) in [7, 11) is 1.68. The zero-order valence-electron chi connectivity index (χ0n) is 19.5. The van der Waals surface area contributed by atoms with E-state index >= 15 is 0 Å². The second-order valence-corrected chi connectivity index (χ2v) is 8.89. The van der Waals surface area contributed by atoms with Crippen molar-refractivity contribution in [1.29, 1.82) is 0 Å². The first-order valence-corrected chi connectivity index (χ1v) is 12.0. The number of pyridine rings is 1. The molecular formula is C27H31N5O2. The number of carbonyl (C=O) groups is 1. The second-order valence-electron chi connectivity index (χ2n) is 8.89. The lowest BCUT2D eigenvalue weighted by atomic mass is 9.92. The molecule has 0 aliphatic heterocycles. The van der Waals surface area contributed by atoms with Gasteiger partial charge in [-0.3, -0.25) is 9.78 Å². The Labute approximate surface area is 199 Å². The largest absolute Gasteiger partial charge is 0.497 e. The lowest BCUT2D eigenvalue weighted by Crippen LogP contribution is -2.43. The lowest BCUT2D eigenvalue weighted by molar-refractivity contribution is -0.122. The maximum absolute atomic E-state index is 12.6. The van der Waals surface area contributed by atoms with Crippen LogP contribution in [0.3, 0.4) is 0 Å². The Morgan fingerprint density at radius 2 is 2.00 bits per heavy atom. The predicted octanol–water partition coefficient (Wildman–Crippen LogP) is 3.70. The summed E-state index contributed by atoms with van der Waals surface area (Å²) in [6.07, 6.45) is 6.78. The van der Waals surface area contributed by atoms with E-state index < -0.39 is 6.04 Å². The number of ether oxygens (including phenoxy) is 1. The zero-order valence-corrected chi connectivity index (χ0v) is 19.5. The van der Waals surface area contributed by atoms with E-state index in [9.17, 15) is 4.79 Å². The van der Waals surface area contributed by atoms with Crippen molar-refractivity contribution in [3.05, 3.63) is 65.5 Å². The van der Waals surface area contributed by atoms with Gasteiger partial charge in [-0.05, 0) is 67.5 Å². The Morgan fingerprint density at radius 3 is 2.88 bits per heavy atom. The molecule has 0 saturated heterocycles. The Bertz CT molecular complexity index is 1330. The highest BCUT2D eigenvalue weighted by Crippen LogP contribution is 2.34. The number of para-hydroxylation sites is 1. The van der Waals surface area contributed by atoms with Crippen molar-refractivity contribution in [2.24, 2.45) is 5.73 Å². The van der Waals surface area contributed by atoms with Crippen LogP contribution in [0.25, 0.3) is 21.8 Å². The number of hydrogen-bond donors (Lipinski definition) is 4. The molecule has 34 heavy (non-hydrogen) atoms. The van der Waals surface area contributed by atoms with Crippen LogP contribution in [-0.2, 0) is 24.1 Å². The number of carbonyl (C=O) groups excluding carboxylic acids is 1. The molecule has 7 nitrogen and oxygen atoms in total. The Hall–Kier alpha value is -3.58. The van der Waals surface area contributed by atoms with Crippen LogP contribution in [0.15, 0.2) is 48.7 Å². The van der Waals surface area contributed by atoms with Crippen LogP contribution in [0.1, 0.15) is 29.7 Å². The molecule has 2 heterocycles. The van der Waals surface area contributed by atoms with Gasteiger partial charge in [0, 0.05) is 47.0 Å². The molecule has 1 aliphatic carbocycles. The number of aryl methyl sites for hydroxylation is 1. The molecule has 1 amide bonds. The summed E-state index contributed by atoms with van der Waals surface area (Å²) in [5, 5.41) is 8.73. The number of H-pyrrole nitrogens is 1. The maximum Gasteiger partial charge on any atom is 0.237 e. The van der Waals surface area contributed by atoms with Gasteiger partial charge >= 0.3 is 0 Å². The molecule has 176 valence electrons. The van der Waals surface area contributed by atoms with Crippen molar-refractivity contribution in [1.82, 2.24) is 15.3 Å². The normalized spacial score (nSPS) is 14.1. The molecule has 0 spiro atoms. The number of hydrogen-bond acceptors (Lipinski definition) is 5. The van der Waals surface area contributed by atoms with Gasteiger partial charge in [-0.25, -0.2) is 0 Å². The molecule has 1 atom stereocenters. The van der Waals surface area contributed by atoms with Crippen LogP contribution >= 0.6 is 0 Å². The summed E-state index contributed by atoms with van der Waals surface area (Å²) in [5.74, 6) is 0.667. The fourth-order valence-corrected chi connectivity index (χ4v) is 4.87. The van der Waals surface area contributed by atoms with E-state index in [1.807, 2.05) is 48.7 Å². The van der Waals surface area contributed by atoms with Crippen molar-refractivity contribution in [3.63, 3.8) is 0 Å². The molecule has 7 heteroatoms. The lowest BCUT2D eigenvalue weighted by Gasteiger charge is -2.22. The molecule has 0 radical (unpaired) electrons. The topological polar surface area (TPSA) is 105 Å². The number of anilines is 1. The molecule has 2 aromatic heterocycles. The summed E-state index contributed by atoms with van der Waals surface area (Å²) in [6.45, 7) is 1.09. The highest BCUT2D eigenvalue weighted by molar-refractivity contribution is 5.94. The van der Waals surface area contributed by atoms with Crippen molar-refractivity contribution in [2.75, 3.05) is 25.5 Å². The summed E-state index contributed by atoms with van der Waals surface area (Å²) in [4.78, 5) is 20.8. The number of methoxy groups -OCH3 is 1. The molecular weight excluding hydrogens is 426 g/mol. The highest BCUT2D eigenvalue weighted by atomic mass is 16.5. The van der Waals surface area contributed by atoms with Gasteiger partial charge in [0.1, 0.15) is 5.75 Å². The fourth-order valence-electron chi connectivity index (χ4n) is 4.87. The van der Waals surface area contributed by atoms with Crippen LogP contribution in [0, 0.1) is 0 Å². The molecule has 1 aliphatic rings. The number of nitrogens with two attached hydrogens (primary N) is 1. The fraction of sp³-hybridized carbons (Fsp3) is 0.333. The minimum Gasteiger partial charge on any atom is -0.497 e. The molecule has 5 N–H and O–H groups in total. The molecule has 0 saturated carbocycles. The Morgan fingerprint density at radius 1 is 1.15 bits per heavy atom. The number of aromatic nitrogens is 2. The van der Waals surface area contributed by atoms with Crippen LogP contribution in [0.5, 0.6) is 5.75 Å². The van der Waals surface area contributed by atoms with Crippen LogP contribution in [0.4, 0.5) is 5.69 Å². The van der Waals surface area contributed by atoms with E-state index in [0.717, 1.165) is 58.1 Å². The van der Waals surface area contributed by atoms with Crippen molar-refractivity contribution >= 4 is 33.4 Å². The Balaban J connectivity index is 1.24. The number of nitrogens with one attached hydrogen (secondary N) is 3. The standard InChI is InChI=1S/C27H31N5O2/c1-34-18-10-11-25-21(15-18)26(20-7-3-5-9-24(20)32-25)29-12-13-30-27(33)22(28)14-17-16-31-23-8-4-2-6-19(17)23/h2,4,6,8,10-11,15-16,22,31H,3,5,7,9,12-14,28H2,1H3,(H,29,32)(H,30,33)/t22-/m0/s1. The first-order valence-electron chi connectivity index (χ1n) is 12.0. The van der Waals surface area contributed by atoms with E-state index in [4.69, 9.17) is 15.5 Å². The van der Waals surface area contributed by atoms with Crippen molar-refractivity contribution < 1.29 is 9.53 Å². The summed E-state index contributed by atoms with van der Waals surface area (Å²) in [6, 6.07) is 13.4. The van der Waals surface area contributed by atoms with Gasteiger partial charge in [-0.2, -0.15) is 0 Å². The Kier molecular flexibility index (Phi) is 6.36. The van der Waals surface area contributed by atoms with Crippen molar-refractivity contribution in [2.45, 2.75) is 38.1 Å². The van der Waals surface area contributed by atoms with E-state index in [1.54, 1.807) is 7.11 Å². The summed E-state index contributed by atoms with van der Waals surface area (Å²) >= 11 is 0. The zero-order chi connectivity index (χ0) is 23.5. The van der Waals surface area contributed by atoms with Gasteiger partial charge in [0.2, 0.25) is 5.91 Å². The SMILES string of the molecule is COc1ccc2nc3c(c(NCCNC(=O)[C@@H](N)Cc4c[nH]c5ccccc45)c2c1)CCCC3. The minimum atomic E-state index is -0.599. The summed E-state index contributed by atoms with van der Waals surface area (Å²) < 4.78 is 5.45. The number of nitrogens with zero attached hydrogens (tertiary/aromatic N) is 1. The van der Waals surface area contributed by atoms with E-state index in [1.165, 1.54) is 17.7 Å². The number of fused-ring (bicyclic) bond motifs is 3. The molecule has 4 aromatic rings. The summed E-state index contributed by atoms with van der Waals surface area (Å²) in [5.41, 5.74) is 12.9. The van der Waals surface area contributed by atoms with Crippen molar-refractivity contribution in [3.8, 4) is 5.75 Å². The molecule has 0 fully saturated rings. The average molecular weight is 458 g/mol. The van der Waals surface area contributed by atoms with Gasteiger partial charge in [0.05, 0.1) is 18.7 Å². The van der Waals surface area contributed by atoms with Gasteiger partial charge in [-0.1, -0.05) is 18.2 Å². The van der Waals surface area contributed by atoms with E-state index in [0.29, 0.717) is 19.5 Å².